The number of ether oxygens (including phenoxy) is 1. The Morgan fingerprint density at radius 1 is 1.07 bits per heavy atom. The summed E-state index contributed by atoms with van der Waals surface area (Å²) in [5.74, 6) is 1.11. The van der Waals surface area contributed by atoms with Crippen molar-refractivity contribution in [1.82, 2.24) is 14.9 Å². The molecule has 2 amide bonds. The van der Waals surface area contributed by atoms with Crippen LogP contribution in [0, 0.1) is 0 Å². The summed E-state index contributed by atoms with van der Waals surface area (Å²) in [6, 6.07) is 17.4. The van der Waals surface area contributed by atoms with Crippen molar-refractivity contribution in [3.8, 4) is 11.4 Å². The van der Waals surface area contributed by atoms with Gasteiger partial charge in [0.05, 0.1) is 35.9 Å². The van der Waals surface area contributed by atoms with E-state index in [2.05, 4.69) is 17.1 Å². The lowest BCUT2D eigenvalue weighted by atomic mass is 10.1. The molecule has 1 aromatic heterocycles. The predicted molar refractivity (Wildman–Crippen MR) is 151 cm³/mol. The molecule has 2 saturated heterocycles. The minimum atomic E-state index is -3.68. The molecule has 2 atom stereocenters. The number of nitrogens with one attached hydrogen (secondary N) is 1. The first-order chi connectivity index (χ1) is 19.3. The molecule has 3 heterocycles. The molecule has 2 N–H and O–H groups in total. The molecule has 40 heavy (non-hydrogen) atoms. The highest BCUT2D eigenvalue weighted by atomic mass is 32.2. The van der Waals surface area contributed by atoms with Crippen molar-refractivity contribution in [2.45, 2.75) is 48.0 Å². The summed E-state index contributed by atoms with van der Waals surface area (Å²) < 4.78 is 32.2. The Hall–Kier alpha value is -3.54. The van der Waals surface area contributed by atoms with E-state index in [1.807, 2.05) is 18.2 Å². The van der Waals surface area contributed by atoms with E-state index >= 15 is 0 Å². The molecule has 1 aliphatic carbocycles. The Morgan fingerprint density at radius 3 is 2.48 bits per heavy atom. The lowest BCUT2D eigenvalue weighted by Crippen LogP contribution is -2.44. The zero-order chi connectivity index (χ0) is 27.9. The summed E-state index contributed by atoms with van der Waals surface area (Å²) in [6.45, 7) is 4.67. The van der Waals surface area contributed by atoms with Gasteiger partial charge in [0.2, 0.25) is 0 Å². The fourth-order valence-electron chi connectivity index (χ4n) is 5.44. The Balaban J connectivity index is 1.35. The van der Waals surface area contributed by atoms with E-state index in [1.54, 1.807) is 47.4 Å². The number of hydrogen-bond donors (Lipinski definition) is 2. The van der Waals surface area contributed by atoms with Crippen LogP contribution in [0.25, 0.3) is 11.4 Å². The van der Waals surface area contributed by atoms with Gasteiger partial charge < -0.3 is 25.0 Å². The van der Waals surface area contributed by atoms with Gasteiger partial charge >= 0.3 is 6.03 Å². The fraction of sp³-hybridized carbons (Fsp3) is 0.414. The molecule has 0 radical (unpaired) electrons. The van der Waals surface area contributed by atoms with Crippen molar-refractivity contribution in [3.63, 3.8) is 0 Å². The smallest absolute Gasteiger partial charge is 0.321 e. The van der Waals surface area contributed by atoms with Crippen LogP contribution in [0.1, 0.15) is 31.9 Å². The number of hydrogen-bond acceptors (Lipinski definition) is 8. The Kier molecular flexibility index (Phi) is 6.97. The first-order valence-corrected chi connectivity index (χ1v) is 15.1. The average Bonchev–Trinajstić information content (AvgIpc) is 3.69. The number of aromatic nitrogens is 2. The molecule has 3 aromatic rings. The van der Waals surface area contributed by atoms with Crippen LogP contribution in [0.3, 0.4) is 0 Å². The number of carbonyl (C=O) groups excluding carboxylic acids is 1. The zero-order valence-electron chi connectivity index (χ0n) is 22.4. The zero-order valence-corrected chi connectivity index (χ0v) is 23.2. The van der Waals surface area contributed by atoms with Crippen LogP contribution in [0.15, 0.2) is 65.6 Å². The third-order valence-corrected chi connectivity index (χ3v) is 10.5. The second kappa shape index (κ2) is 10.5. The van der Waals surface area contributed by atoms with E-state index in [9.17, 15) is 18.3 Å². The number of carbonyl (C=O) groups is 1. The maximum Gasteiger partial charge on any atom is 0.321 e. The number of benzene rings is 2. The topological polar surface area (TPSA) is 125 Å². The van der Waals surface area contributed by atoms with E-state index in [1.165, 1.54) is 0 Å². The van der Waals surface area contributed by atoms with Crippen LogP contribution in [0.4, 0.5) is 16.3 Å². The molecule has 1 unspecified atom stereocenters. The SMILES string of the molecule is C[C@H]1COCCN1c1cc(C2(S(=O)(=O)c3ccccc3)CC2)nc(-c2ccc(NC(=O)N3CCC(O)C3)cc2)n1. The lowest BCUT2D eigenvalue weighted by Gasteiger charge is -2.34. The summed E-state index contributed by atoms with van der Waals surface area (Å²) in [5, 5.41) is 12.6. The second-order valence-electron chi connectivity index (χ2n) is 10.8. The normalized spacial score (nSPS) is 22.2. The molecule has 0 spiro atoms. The highest BCUT2D eigenvalue weighted by Crippen LogP contribution is 2.55. The molecule has 210 valence electrons. The molecule has 2 aromatic carbocycles. The van der Waals surface area contributed by atoms with E-state index in [0.717, 1.165) is 0 Å². The molecule has 0 bridgehead atoms. The van der Waals surface area contributed by atoms with Gasteiger partial charge in [-0.3, -0.25) is 0 Å². The highest BCUT2D eigenvalue weighted by Gasteiger charge is 2.58. The van der Waals surface area contributed by atoms with E-state index in [4.69, 9.17) is 14.7 Å². The number of β-amino-alcohol motifs (C(OH)–C–C–N with tert-alkyl or cyclic N) is 1. The quantitative estimate of drug-likeness (QED) is 0.468. The van der Waals surface area contributed by atoms with Gasteiger partial charge in [-0.2, -0.15) is 0 Å². The van der Waals surface area contributed by atoms with Crippen molar-refractivity contribution in [2.75, 3.05) is 43.1 Å². The number of nitrogens with zero attached hydrogens (tertiary/aromatic N) is 4. The van der Waals surface area contributed by atoms with Gasteiger partial charge in [0.15, 0.2) is 15.7 Å². The molecule has 11 heteroatoms. The van der Waals surface area contributed by atoms with Crippen LogP contribution in [-0.2, 0) is 19.3 Å². The van der Waals surface area contributed by atoms with E-state index < -0.39 is 20.7 Å². The molecular formula is C29H33N5O5S. The molecule has 3 fully saturated rings. The first-order valence-electron chi connectivity index (χ1n) is 13.6. The van der Waals surface area contributed by atoms with Crippen molar-refractivity contribution < 1.29 is 23.1 Å². The molecule has 1 saturated carbocycles. The van der Waals surface area contributed by atoms with Crippen LogP contribution in [-0.4, -0.2) is 79.4 Å². The van der Waals surface area contributed by atoms with Crippen molar-refractivity contribution in [1.29, 1.82) is 0 Å². The average molecular weight is 564 g/mol. The summed E-state index contributed by atoms with van der Waals surface area (Å²) in [4.78, 5) is 26.3. The second-order valence-corrected chi connectivity index (χ2v) is 13.0. The number of likely N-dealkylation sites (tertiary alicyclic amines) is 1. The molecule has 2 aliphatic heterocycles. The summed E-state index contributed by atoms with van der Waals surface area (Å²) in [5.41, 5.74) is 1.82. The standard InChI is InChI=1S/C29H33N5O5S/c1-20-19-39-16-15-34(20)26-17-25(29(12-13-29)40(37,38)24-5-3-2-4-6-24)31-27(32-26)21-7-9-22(10-8-21)30-28(36)33-14-11-23(35)18-33/h2-10,17,20,23,35H,11-16,18-19H2,1H3,(H,30,36)/t20-,23?/m0/s1. The van der Waals surface area contributed by atoms with Gasteiger partial charge in [-0.15, -0.1) is 0 Å². The largest absolute Gasteiger partial charge is 0.391 e. The van der Waals surface area contributed by atoms with Gasteiger partial charge in [-0.25, -0.2) is 23.2 Å². The number of aliphatic hydroxyl groups is 1. The minimum absolute atomic E-state index is 0.0759. The van der Waals surface area contributed by atoms with Crippen molar-refractivity contribution in [3.05, 3.63) is 66.4 Å². The van der Waals surface area contributed by atoms with Crippen LogP contribution in [0.5, 0.6) is 0 Å². The van der Waals surface area contributed by atoms with Crippen LogP contribution in [0.2, 0.25) is 0 Å². The third-order valence-electron chi connectivity index (χ3n) is 7.96. The number of morpholine rings is 1. The number of anilines is 2. The van der Waals surface area contributed by atoms with E-state index in [0.29, 0.717) is 85.6 Å². The lowest BCUT2D eigenvalue weighted by molar-refractivity contribution is 0.0985. The number of sulfone groups is 1. The molecule has 6 rings (SSSR count). The molecule has 10 nitrogen and oxygen atoms in total. The predicted octanol–water partition coefficient (Wildman–Crippen LogP) is 3.43. The third kappa shape index (κ3) is 4.93. The van der Waals surface area contributed by atoms with E-state index in [-0.39, 0.29) is 12.1 Å². The monoisotopic (exact) mass is 563 g/mol. The Bertz CT molecular complexity index is 1490. The highest BCUT2D eigenvalue weighted by molar-refractivity contribution is 7.92. The summed E-state index contributed by atoms with van der Waals surface area (Å²) >= 11 is 0. The number of aliphatic hydroxyl groups excluding tert-OH is 1. The van der Waals surface area contributed by atoms with Gasteiger partial charge in [-0.05, 0) is 62.6 Å². The van der Waals surface area contributed by atoms with Gasteiger partial charge in [0.1, 0.15) is 10.6 Å². The van der Waals surface area contributed by atoms with Gasteiger partial charge in [-0.1, -0.05) is 18.2 Å². The number of amides is 2. The van der Waals surface area contributed by atoms with Gasteiger partial charge in [0, 0.05) is 37.0 Å². The maximum atomic E-state index is 13.8. The summed E-state index contributed by atoms with van der Waals surface area (Å²) in [7, 11) is -3.68. The number of rotatable bonds is 6. The Morgan fingerprint density at radius 2 is 1.82 bits per heavy atom. The van der Waals surface area contributed by atoms with Crippen molar-refractivity contribution >= 4 is 27.4 Å². The van der Waals surface area contributed by atoms with Crippen LogP contribution >= 0.6 is 0 Å². The van der Waals surface area contributed by atoms with Gasteiger partial charge in [0.25, 0.3) is 0 Å². The minimum Gasteiger partial charge on any atom is -0.391 e. The number of urea groups is 1. The Labute approximate surface area is 233 Å². The fourth-order valence-corrected chi connectivity index (χ4v) is 7.43. The van der Waals surface area contributed by atoms with Crippen LogP contribution < -0.4 is 10.2 Å². The van der Waals surface area contributed by atoms with Crippen molar-refractivity contribution in [2.24, 2.45) is 0 Å². The molecular weight excluding hydrogens is 530 g/mol. The first kappa shape index (κ1) is 26.7. The molecule has 3 aliphatic rings. The summed E-state index contributed by atoms with van der Waals surface area (Å²) in [6.07, 6.45) is 1.08. The maximum absolute atomic E-state index is 13.8.